The molecule has 1 fully saturated rings. The first-order valence-electron chi connectivity index (χ1n) is 7.15. The maximum Gasteiger partial charge on any atom is 0.264 e. The van der Waals surface area contributed by atoms with Crippen LogP contribution in [0.4, 0.5) is 0 Å². The monoisotopic (exact) mass is 309 g/mol. The van der Waals surface area contributed by atoms with E-state index >= 15 is 0 Å². The van der Waals surface area contributed by atoms with Gasteiger partial charge >= 0.3 is 0 Å². The van der Waals surface area contributed by atoms with E-state index in [9.17, 15) is 0 Å². The van der Waals surface area contributed by atoms with Crippen molar-refractivity contribution in [3.05, 3.63) is 42.0 Å². The highest BCUT2D eigenvalue weighted by molar-refractivity contribution is 5.85. The zero-order chi connectivity index (χ0) is 13.6. The van der Waals surface area contributed by atoms with Crippen molar-refractivity contribution in [1.29, 1.82) is 0 Å². The molecule has 1 aromatic carbocycles. The Hall–Kier alpha value is -1.59. The van der Waals surface area contributed by atoms with Crippen molar-refractivity contribution in [2.75, 3.05) is 6.54 Å². The fraction of sp³-hybridized carbons (Fsp3) is 0.467. The zero-order valence-corrected chi connectivity index (χ0v) is 12.6. The highest BCUT2D eigenvalue weighted by Crippen LogP contribution is 2.20. The van der Waals surface area contributed by atoms with Crippen molar-refractivity contribution < 1.29 is 9.26 Å². The Morgan fingerprint density at radius 3 is 2.90 bits per heavy atom. The molecule has 3 rings (SSSR count). The lowest BCUT2D eigenvalue weighted by Gasteiger charge is -2.09. The second-order valence-electron chi connectivity index (χ2n) is 5.00. The van der Waals surface area contributed by atoms with E-state index in [4.69, 9.17) is 9.26 Å². The van der Waals surface area contributed by atoms with Gasteiger partial charge < -0.3 is 14.6 Å². The van der Waals surface area contributed by atoms with Crippen LogP contribution < -0.4 is 10.1 Å². The van der Waals surface area contributed by atoms with Crippen LogP contribution in [0, 0.1) is 0 Å². The molecule has 0 spiro atoms. The second kappa shape index (κ2) is 8.00. The van der Waals surface area contributed by atoms with Gasteiger partial charge in [0.15, 0.2) is 12.4 Å². The molecule has 0 radical (unpaired) electrons. The average Bonchev–Trinajstić information content (AvgIpc) is 2.80. The number of halogens is 1. The molecule has 0 aliphatic carbocycles. The van der Waals surface area contributed by atoms with E-state index in [0.717, 1.165) is 24.5 Å². The van der Waals surface area contributed by atoms with Crippen molar-refractivity contribution >= 4 is 12.4 Å². The summed E-state index contributed by atoms with van der Waals surface area (Å²) in [6, 6.07) is 9.85. The molecule has 114 valence electrons. The van der Waals surface area contributed by atoms with Gasteiger partial charge in [-0.05, 0) is 31.5 Å². The van der Waals surface area contributed by atoms with E-state index in [2.05, 4.69) is 15.5 Å². The minimum atomic E-state index is 0. The van der Waals surface area contributed by atoms with Crippen molar-refractivity contribution in [3.8, 4) is 5.75 Å². The number of nitrogens with zero attached hydrogens (tertiary/aromatic N) is 2. The number of rotatable bonds is 4. The van der Waals surface area contributed by atoms with Crippen LogP contribution in [0.25, 0.3) is 0 Å². The first-order chi connectivity index (χ1) is 9.92. The van der Waals surface area contributed by atoms with Crippen LogP contribution in [0.2, 0.25) is 0 Å². The highest BCUT2D eigenvalue weighted by atomic mass is 35.5. The summed E-state index contributed by atoms with van der Waals surface area (Å²) in [5.41, 5.74) is 0. The van der Waals surface area contributed by atoms with E-state index < -0.39 is 0 Å². The van der Waals surface area contributed by atoms with Crippen LogP contribution in [0.5, 0.6) is 5.75 Å². The van der Waals surface area contributed by atoms with Crippen molar-refractivity contribution in [2.24, 2.45) is 0 Å². The highest BCUT2D eigenvalue weighted by Gasteiger charge is 2.19. The average molecular weight is 310 g/mol. The summed E-state index contributed by atoms with van der Waals surface area (Å²) in [6.45, 7) is 1.33. The normalized spacial score (nSPS) is 18.6. The van der Waals surface area contributed by atoms with Crippen LogP contribution in [0.3, 0.4) is 0 Å². The van der Waals surface area contributed by atoms with Gasteiger partial charge in [0.2, 0.25) is 0 Å². The molecule has 1 saturated heterocycles. The molecule has 1 unspecified atom stereocenters. The van der Waals surface area contributed by atoms with Gasteiger partial charge in [-0.2, -0.15) is 4.98 Å². The van der Waals surface area contributed by atoms with Crippen LogP contribution in [0.1, 0.15) is 43.4 Å². The molecule has 21 heavy (non-hydrogen) atoms. The predicted molar refractivity (Wildman–Crippen MR) is 81.5 cm³/mol. The lowest BCUT2D eigenvalue weighted by Crippen LogP contribution is -2.21. The fourth-order valence-corrected chi connectivity index (χ4v) is 2.38. The third-order valence-corrected chi connectivity index (χ3v) is 3.46. The third kappa shape index (κ3) is 4.44. The van der Waals surface area contributed by atoms with Crippen LogP contribution in [-0.4, -0.2) is 16.7 Å². The van der Waals surface area contributed by atoms with Gasteiger partial charge in [-0.1, -0.05) is 36.2 Å². The summed E-state index contributed by atoms with van der Waals surface area (Å²) in [5, 5.41) is 7.52. The molecule has 1 aliphatic heterocycles. The lowest BCUT2D eigenvalue weighted by molar-refractivity contribution is 0.242. The lowest BCUT2D eigenvalue weighted by atomic mass is 10.1. The van der Waals surface area contributed by atoms with Gasteiger partial charge in [0.05, 0.1) is 6.04 Å². The molecule has 2 aromatic rings. The van der Waals surface area contributed by atoms with Crippen LogP contribution in [0.15, 0.2) is 34.9 Å². The smallest absolute Gasteiger partial charge is 0.264 e. The van der Waals surface area contributed by atoms with Gasteiger partial charge in [-0.3, -0.25) is 0 Å². The van der Waals surface area contributed by atoms with Gasteiger partial charge in [-0.15, -0.1) is 12.4 Å². The Morgan fingerprint density at radius 1 is 1.19 bits per heavy atom. The number of ether oxygens (including phenoxy) is 1. The van der Waals surface area contributed by atoms with Crippen molar-refractivity contribution in [1.82, 2.24) is 15.5 Å². The molecule has 1 N–H and O–H groups in total. The number of hydrogen-bond acceptors (Lipinski definition) is 5. The molecule has 1 atom stereocenters. The molecular formula is C15H20ClN3O2. The molecular weight excluding hydrogens is 290 g/mol. The van der Waals surface area contributed by atoms with E-state index in [1.165, 1.54) is 19.3 Å². The Kier molecular flexibility index (Phi) is 6.02. The molecule has 2 heterocycles. The number of benzene rings is 1. The molecule has 1 aliphatic rings. The Balaban J connectivity index is 0.00000161. The van der Waals surface area contributed by atoms with E-state index in [0.29, 0.717) is 12.5 Å². The molecule has 6 heteroatoms. The quantitative estimate of drug-likeness (QED) is 0.939. The Bertz CT molecular complexity index is 525. The number of aromatic nitrogens is 2. The van der Waals surface area contributed by atoms with Gasteiger partial charge in [0.25, 0.3) is 5.89 Å². The third-order valence-electron chi connectivity index (χ3n) is 3.46. The topological polar surface area (TPSA) is 60.2 Å². The van der Waals surface area contributed by atoms with Crippen molar-refractivity contribution in [3.63, 3.8) is 0 Å². The Labute approximate surface area is 130 Å². The van der Waals surface area contributed by atoms with Crippen LogP contribution >= 0.6 is 12.4 Å². The van der Waals surface area contributed by atoms with E-state index in [1.54, 1.807) is 0 Å². The largest absolute Gasteiger partial charge is 0.484 e. The summed E-state index contributed by atoms with van der Waals surface area (Å²) in [6.07, 6.45) is 4.77. The maximum atomic E-state index is 5.60. The molecule has 1 aromatic heterocycles. The van der Waals surface area contributed by atoms with Crippen molar-refractivity contribution in [2.45, 2.75) is 38.3 Å². The first-order valence-corrected chi connectivity index (χ1v) is 7.15. The maximum absolute atomic E-state index is 5.60. The van der Waals surface area contributed by atoms with Crippen LogP contribution in [-0.2, 0) is 6.61 Å². The Morgan fingerprint density at radius 2 is 2.05 bits per heavy atom. The summed E-state index contributed by atoms with van der Waals surface area (Å²) in [7, 11) is 0. The minimum absolute atomic E-state index is 0. The van der Waals surface area contributed by atoms with E-state index in [-0.39, 0.29) is 18.4 Å². The SMILES string of the molecule is Cl.c1ccc(OCc2nc(C3CCCCCN3)no2)cc1. The number of nitrogens with one attached hydrogen (secondary N) is 1. The minimum Gasteiger partial charge on any atom is -0.484 e. The fourth-order valence-electron chi connectivity index (χ4n) is 2.38. The summed E-state index contributed by atoms with van der Waals surface area (Å²) in [4.78, 5) is 4.43. The summed E-state index contributed by atoms with van der Waals surface area (Å²) < 4.78 is 10.9. The first kappa shape index (κ1) is 15.8. The van der Waals surface area contributed by atoms with Gasteiger partial charge in [-0.25, -0.2) is 0 Å². The van der Waals surface area contributed by atoms with E-state index in [1.807, 2.05) is 30.3 Å². The number of para-hydroxylation sites is 1. The predicted octanol–water partition coefficient (Wildman–Crippen LogP) is 3.28. The summed E-state index contributed by atoms with van der Waals surface area (Å²) >= 11 is 0. The van der Waals surface area contributed by atoms with Gasteiger partial charge in [0, 0.05) is 0 Å². The summed E-state index contributed by atoms with van der Waals surface area (Å²) in [5.74, 6) is 2.08. The zero-order valence-electron chi connectivity index (χ0n) is 11.8. The second-order valence-corrected chi connectivity index (χ2v) is 5.00. The standard InChI is InChI=1S/C15H19N3O2.ClH/c1-3-7-12(8-4-1)19-11-14-17-15(18-20-14)13-9-5-2-6-10-16-13;/h1,3-4,7-8,13,16H,2,5-6,9-11H2;1H. The van der Waals surface area contributed by atoms with Gasteiger partial charge in [0.1, 0.15) is 5.75 Å². The molecule has 5 nitrogen and oxygen atoms in total. The molecule has 0 saturated carbocycles. The molecule has 0 amide bonds. The number of hydrogen-bond donors (Lipinski definition) is 1. The molecule has 0 bridgehead atoms.